The number of benzene rings is 2. The van der Waals surface area contributed by atoms with Gasteiger partial charge in [-0.25, -0.2) is 0 Å². The third-order valence-corrected chi connectivity index (χ3v) is 5.15. The van der Waals surface area contributed by atoms with E-state index in [1.807, 2.05) is 37.3 Å². The topological polar surface area (TPSA) is 9.23 Å². The molecule has 100 valence electrons. The molecule has 19 heavy (non-hydrogen) atoms. The van der Waals surface area contributed by atoms with Crippen LogP contribution in [-0.2, 0) is 0 Å². The Morgan fingerprint density at radius 2 is 1.89 bits per heavy atom. The Hall–Kier alpha value is -0.510. The summed E-state index contributed by atoms with van der Waals surface area (Å²) in [6.45, 7) is 2.03. The molecular formula is C15H13Br2ClO. The van der Waals surface area contributed by atoms with E-state index in [4.69, 9.17) is 16.3 Å². The van der Waals surface area contributed by atoms with Crippen LogP contribution in [0.1, 0.15) is 21.5 Å². The van der Waals surface area contributed by atoms with Gasteiger partial charge in [-0.3, -0.25) is 0 Å². The van der Waals surface area contributed by atoms with E-state index in [1.54, 1.807) is 7.11 Å². The number of methoxy groups -OCH3 is 1. The van der Waals surface area contributed by atoms with Gasteiger partial charge >= 0.3 is 0 Å². The highest BCUT2D eigenvalue weighted by Gasteiger charge is 2.17. The van der Waals surface area contributed by atoms with Crippen LogP contribution in [0.15, 0.2) is 40.9 Å². The highest BCUT2D eigenvalue weighted by Crippen LogP contribution is 2.39. The van der Waals surface area contributed by atoms with E-state index in [0.717, 1.165) is 26.4 Å². The minimum absolute atomic E-state index is 0.0893. The van der Waals surface area contributed by atoms with Gasteiger partial charge in [0.2, 0.25) is 0 Å². The molecule has 0 heterocycles. The molecule has 0 aliphatic heterocycles. The molecule has 0 aliphatic rings. The first-order valence-electron chi connectivity index (χ1n) is 5.77. The molecule has 1 nitrogen and oxygen atoms in total. The summed E-state index contributed by atoms with van der Waals surface area (Å²) < 4.78 is 6.22. The van der Waals surface area contributed by atoms with Crippen LogP contribution in [0.25, 0.3) is 0 Å². The van der Waals surface area contributed by atoms with Crippen molar-refractivity contribution in [3.63, 3.8) is 0 Å². The molecule has 2 rings (SSSR count). The van der Waals surface area contributed by atoms with Gasteiger partial charge in [0.25, 0.3) is 0 Å². The Morgan fingerprint density at radius 3 is 2.53 bits per heavy atom. The Bertz CT molecular complexity index is 599. The van der Waals surface area contributed by atoms with Crippen molar-refractivity contribution in [2.24, 2.45) is 0 Å². The largest absolute Gasteiger partial charge is 0.497 e. The first kappa shape index (κ1) is 14.9. The third kappa shape index (κ3) is 3.15. The second kappa shape index (κ2) is 6.29. The lowest BCUT2D eigenvalue weighted by atomic mass is 10.0. The molecule has 2 aromatic carbocycles. The van der Waals surface area contributed by atoms with Gasteiger partial charge in [-0.15, -0.1) is 0 Å². The van der Waals surface area contributed by atoms with Gasteiger partial charge in [0, 0.05) is 9.50 Å². The Kier molecular flexibility index (Phi) is 4.93. The molecule has 2 aromatic rings. The van der Waals surface area contributed by atoms with E-state index in [9.17, 15) is 0 Å². The normalized spacial score (nSPS) is 12.3. The van der Waals surface area contributed by atoms with E-state index >= 15 is 0 Å². The third-order valence-electron chi connectivity index (χ3n) is 3.06. The van der Waals surface area contributed by atoms with Gasteiger partial charge in [-0.1, -0.05) is 61.7 Å². The molecule has 0 amide bonds. The summed E-state index contributed by atoms with van der Waals surface area (Å²) >= 11 is 13.5. The fourth-order valence-electron chi connectivity index (χ4n) is 1.91. The molecule has 0 aromatic heterocycles. The number of hydrogen-bond acceptors (Lipinski definition) is 1. The minimum Gasteiger partial charge on any atom is -0.497 e. The molecule has 4 heteroatoms. The van der Waals surface area contributed by atoms with E-state index in [1.165, 1.54) is 5.56 Å². The number of alkyl halides is 1. The lowest BCUT2D eigenvalue weighted by Gasteiger charge is -2.16. The summed E-state index contributed by atoms with van der Waals surface area (Å²) in [7, 11) is 1.66. The van der Waals surface area contributed by atoms with Crippen LogP contribution in [0, 0.1) is 6.92 Å². The zero-order valence-electron chi connectivity index (χ0n) is 10.6. The zero-order valence-corrected chi connectivity index (χ0v) is 14.5. The van der Waals surface area contributed by atoms with Crippen LogP contribution < -0.4 is 4.74 Å². The summed E-state index contributed by atoms with van der Waals surface area (Å²) in [5.41, 5.74) is 3.40. The van der Waals surface area contributed by atoms with Crippen LogP contribution in [0.5, 0.6) is 5.75 Å². The first-order chi connectivity index (χ1) is 9.04. The quantitative estimate of drug-likeness (QED) is 0.579. The Morgan fingerprint density at radius 1 is 1.16 bits per heavy atom. The van der Waals surface area contributed by atoms with E-state index in [-0.39, 0.29) is 4.83 Å². The lowest BCUT2D eigenvalue weighted by Crippen LogP contribution is -1.98. The van der Waals surface area contributed by atoms with Crippen molar-refractivity contribution in [1.82, 2.24) is 0 Å². The molecular weight excluding hydrogens is 391 g/mol. The molecule has 1 unspecified atom stereocenters. The smallest absolute Gasteiger partial charge is 0.120 e. The number of halogens is 3. The Labute approximate surface area is 135 Å². The van der Waals surface area contributed by atoms with Crippen molar-refractivity contribution in [1.29, 1.82) is 0 Å². The summed E-state index contributed by atoms with van der Waals surface area (Å²) in [5.74, 6) is 0.832. The molecule has 0 aliphatic carbocycles. The molecule has 0 radical (unpaired) electrons. The van der Waals surface area contributed by atoms with E-state index < -0.39 is 0 Å². The van der Waals surface area contributed by atoms with Gasteiger partial charge in [-0.2, -0.15) is 0 Å². The molecule has 0 saturated carbocycles. The molecule has 0 spiro atoms. The van der Waals surface area contributed by atoms with Gasteiger partial charge in [0.15, 0.2) is 0 Å². The molecule has 0 fully saturated rings. The van der Waals surface area contributed by atoms with Crippen LogP contribution in [0.3, 0.4) is 0 Å². The van der Waals surface area contributed by atoms with Crippen molar-refractivity contribution in [3.8, 4) is 5.75 Å². The lowest BCUT2D eigenvalue weighted by molar-refractivity contribution is 0.414. The maximum absolute atomic E-state index is 6.18. The standard InChI is InChI=1S/C15H13Br2ClO/c1-9-11(4-3-5-14(9)18)15(17)12-7-6-10(19-2)8-13(12)16/h3-8,15H,1-2H3. The second-order valence-electron chi connectivity index (χ2n) is 4.20. The van der Waals surface area contributed by atoms with Gasteiger partial charge in [-0.05, 0) is 41.8 Å². The summed E-state index contributed by atoms with van der Waals surface area (Å²) in [6, 6.07) is 11.9. The maximum atomic E-state index is 6.18. The molecule has 0 saturated heterocycles. The van der Waals surface area contributed by atoms with Gasteiger partial charge < -0.3 is 4.74 Å². The SMILES string of the molecule is COc1ccc(C(Br)c2cccc(Cl)c2C)c(Br)c1. The predicted molar refractivity (Wildman–Crippen MR) is 87.7 cm³/mol. The van der Waals surface area contributed by atoms with Crippen molar-refractivity contribution < 1.29 is 4.74 Å². The second-order valence-corrected chi connectivity index (χ2v) is 6.38. The first-order valence-corrected chi connectivity index (χ1v) is 7.85. The highest BCUT2D eigenvalue weighted by atomic mass is 79.9. The van der Waals surface area contributed by atoms with Crippen molar-refractivity contribution in [2.75, 3.05) is 7.11 Å². The predicted octanol–water partition coefficient (Wildman–Crippen LogP) is 5.90. The number of ether oxygens (including phenoxy) is 1. The summed E-state index contributed by atoms with van der Waals surface area (Å²) in [5, 5.41) is 0.784. The fraction of sp³-hybridized carbons (Fsp3) is 0.200. The average Bonchev–Trinajstić information content (AvgIpc) is 2.41. The zero-order chi connectivity index (χ0) is 14.0. The van der Waals surface area contributed by atoms with E-state index in [0.29, 0.717) is 0 Å². The average molecular weight is 405 g/mol. The minimum atomic E-state index is 0.0893. The van der Waals surface area contributed by atoms with Crippen LogP contribution in [-0.4, -0.2) is 7.11 Å². The van der Waals surface area contributed by atoms with Gasteiger partial charge in [0.05, 0.1) is 11.9 Å². The number of hydrogen-bond donors (Lipinski definition) is 0. The van der Waals surface area contributed by atoms with Gasteiger partial charge in [0.1, 0.15) is 5.75 Å². The van der Waals surface area contributed by atoms with Crippen molar-refractivity contribution in [3.05, 3.63) is 62.6 Å². The van der Waals surface area contributed by atoms with E-state index in [2.05, 4.69) is 37.9 Å². The van der Waals surface area contributed by atoms with Crippen molar-refractivity contribution in [2.45, 2.75) is 11.8 Å². The van der Waals surface area contributed by atoms with Crippen molar-refractivity contribution >= 4 is 43.5 Å². The Balaban J connectivity index is 2.44. The molecule has 1 atom stereocenters. The van der Waals surface area contributed by atoms with Crippen LogP contribution in [0.4, 0.5) is 0 Å². The summed E-state index contributed by atoms with van der Waals surface area (Å²) in [6.07, 6.45) is 0. The highest BCUT2D eigenvalue weighted by molar-refractivity contribution is 9.11. The molecule has 0 N–H and O–H groups in total. The van der Waals surface area contributed by atoms with Crippen LogP contribution >= 0.6 is 43.5 Å². The molecule has 0 bridgehead atoms. The van der Waals surface area contributed by atoms with Crippen LogP contribution in [0.2, 0.25) is 5.02 Å². The summed E-state index contributed by atoms with van der Waals surface area (Å²) in [4.78, 5) is 0.0893. The number of rotatable bonds is 3. The monoisotopic (exact) mass is 402 g/mol. The maximum Gasteiger partial charge on any atom is 0.120 e. The fourth-order valence-corrected chi connectivity index (χ4v) is 3.88.